The average Bonchev–Trinajstić information content (AvgIpc) is 2.59. The van der Waals surface area contributed by atoms with Gasteiger partial charge in [-0.15, -0.1) is 0 Å². The number of aryl methyl sites for hydroxylation is 1. The summed E-state index contributed by atoms with van der Waals surface area (Å²) in [5, 5.41) is 0.579. The average molecular weight is 338 g/mol. The highest BCUT2D eigenvalue weighted by molar-refractivity contribution is 7.63. The van der Waals surface area contributed by atoms with Gasteiger partial charge in [0.1, 0.15) is 11.5 Å². The first-order valence-corrected chi connectivity index (χ1v) is 9.29. The fourth-order valence-electron chi connectivity index (χ4n) is 2.39. The summed E-state index contributed by atoms with van der Waals surface area (Å²) in [6, 6.07) is 23.8. The highest BCUT2D eigenvalue weighted by Gasteiger charge is 2.33. The lowest BCUT2D eigenvalue weighted by Gasteiger charge is -2.22. The minimum Gasteiger partial charge on any atom is -0.413 e. The van der Waals surface area contributed by atoms with Crippen LogP contribution in [0, 0.1) is 13.8 Å². The molecular weight excluding hydrogens is 319 g/mol. The molecule has 0 N–H and O–H groups in total. The molecule has 4 heteroatoms. The van der Waals surface area contributed by atoms with Crippen LogP contribution >= 0.6 is 7.60 Å². The van der Waals surface area contributed by atoms with Gasteiger partial charge in [0.15, 0.2) is 0 Å². The predicted octanol–water partition coefficient (Wildman–Crippen LogP) is 5.28. The van der Waals surface area contributed by atoms with Crippen molar-refractivity contribution in [3.05, 3.63) is 90.0 Å². The summed E-state index contributed by atoms with van der Waals surface area (Å²) in [4.78, 5) is 0. The fraction of sp³-hybridized carbons (Fsp3) is 0.100. The van der Waals surface area contributed by atoms with Crippen LogP contribution in [0.15, 0.2) is 78.9 Å². The summed E-state index contributed by atoms with van der Waals surface area (Å²) in [6.45, 7) is 3.91. The highest BCUT2D eigenvalue weighted by Crippen LogP contribution is 2.48. The van der Waals surface area contributed by atoms with Crippen molar-refractivity contribution in [3.8, 4) is 11.5 Å². The molecule has 122 valence electrons. The zero-order valence-corrected chi connectivity index (χ0v) is 14.6. The second-order valence-corrected chi connectivity index (χ2v) is 7.37. The minimum absolute atomic E-state index is 0.512. The van der Waals surface area contributed by atoms with Crippen LogP contribution in [-0.2, 0) is 4.57 Å². The van der Waals surface area contributed by atoms with Crippen LogP contribution in [0.3, 0.4) is 0 Å². The van der Waals surface area contributed by atoms with Gasteiger partial charge in [0.05, 0.1) is 5.30 Å². The van der Waals surface area contributed by atoms with E-state index in [1.54, 1.807) is 30.3 Å². The topological polar surface area (TPSA) is 35.5 Å². The summed E-state index contributed by atoms with van der Waals surface area (Å²) in [5.41, 5.74) is 1.95. The van der Waals surface area contributed by atoms with E-state index in [1.807, 2.05) is 62.4 Å². The van der Waals surface area contributed by atoms with Crippen LogP contribution in [0.5, 0.6) is 11.5 Å². The molecule has 0 aliphatic heterocycles. The van der Waals surface area contributed by atoms with Crippen LogP contribution < -0.4 is 14.4 Å². The molecule has 3 nitrogen and oxygen atoms in total. The lowest BCUT2D eigenvalue weighted by atomic mass is 10.1. The second-order valence-electron chi connectivity index (χ2n) is 5.53. The van der Waals surface area contributed by atoms with Gasteiger partial charge in [-0.3, -0.25) is 0 Å². The molecule has 0 saturated heterocycles. The van der Waals surface area contributed by atoms with E-state index in [9.17, 15) is 4.57 Å². The van der Waals surface area contributed by atoms with Crippen molar-refractivity contribution in [1.82, 2.24) is 0 Å². The van der Waals surface area contributed by atoms with Crippen molar-refractivity contribution in [2.75, 3.05) is 0 Å². The molecule has 0 fully saturated rings. The Balaban J connectivity index is 2.06. The summed E-state index contributed by atoms with van der Waals surface area (Å²) < 4.78 is 25.4. The molecule has 0 aromatic heterocycles. The third kappa shape index (κ3) is 3.52. The molecule has 0 unspecified atom stereocenters. The molecule has 0 radical (unpaired) electrons. The lowest BCUT2D eigenvalue weighted by Crippen LogP contribution is -2.18. The molecule has 0 aliphatic carbocycles. The normalized spacial score (nSPS) is 11.1. The van der Waals surface area contributed by atoms with E-state index < -0.39 is 7.60 Å². The fourth-order valence-corrected chi connectivity index (χ4v) is 4.28. The van der Waals surface area contributed by atoms with E-state index >= 15 is 0 Å². The Hall–Kier alpha value is -2.51. The van der Waals surface area contributed by atoms with Crippen LogP contribution in [0.1, 0.15) is 11.1 Å². The molecule has 0 bridgehead atoms. The first-order chi connectivity index (χ1) is 11.6. The molecule has 3 aromatic carbocycles. The summed E-state index contributed by atoms with van der Waals surface area (Å²) in [6.07, 6.45) is 0. The summed E-state index contributed by atoms with van der Waals surface area (Å²) >= 11 is 0. The molecule has 24 heavy (non-hydrogen) atoms. The van der Waals surface area contributed by atoms with Crippen molar-refractivity contribution < 1.29 is 13.6 Å². The molecule has 3 rings (SSSR count). The van der Waals surface area contributed by atoms with Gasteiger partial charge < -0.3 is 9.05 Å². The maximum atomic E-state index is 13.7. The monoisotopic (exact) mass is 338 g/mol. The standard InChI is InChI=1S/C20H19O3P/c1-16-10-9-15-20(17(16)2)24(21,22-18-11-5-3-6-12-18)23-19-13-7-4-8-14-19/h3-15H,1-2H3. The van der Waals surface area contributed by atoms with Crippen LogP contribution in [0.4, 0.5) is 0 Å². The first-order valence-electron chi connectivity index (χ1n) is 7.74. The van der Waals surface area contributed by atoms with Gasteiger partial charge in [0.25, 0.3) is 0 Å². The first kappa shape index (κ1) is 16.4. The third-order valence-corrected chi connectivity index (χ3v) is 5.79. The van der Waals surface area contributed by atoms with Crippen molar-refractivity contribution in [1.29, 1.82) is 0 Å². The maximum absolute atomic E-state index is 13.7. The van der Waals surface area contributed by atoms with Gasteiger partial charge in [-0.2, -0.15) is 0 Å². The molecule has 0 atom stereocenters. The van der Waals surface area contributed by atoms with Crippen LogP contribution in [-0.4, -0.2) is 0 Å². The van der Waals surface area contributed by atoms with E-state index in [0.717, 1.165) is 11.1 Å². The van der Waals surface area contributed by atoms with Crippen LogP contribution in [0.2, 0.25) is 0 Å². The number of hydrogen-bond acceptors (Lipinski definition) is 3. The molecule has 0 amide bonds. The SMILES string of the molecule is Cc1cccc(P(=O)(Oc2ccccc2)Oc2ccccc2)c1C. The van der Waals surface area contributed by atoms with Gasteiger partial charge in [-0.25, -0.2) is 4.57 Å². The second kappa shape index (κ2) is 6.94. The van der Waals surface area contributed by atoms with Crippen molar-refractivity contribution >= 4 is 12.9 Å². The van der Waals surface area contributed by atoms with Gasteiger partial charge in [-0.05, 0) is 55.3 Å². The van der Waals surface area contributed by atoms with Crippen molar-refractivity contribution in [3.63, 3.8) is 0 Å². The van der Waals surface area contributed by atoms with E-state index in [1.165, 1.54) is 0 Å². The minimum atomic E-state index is -3.58. The Kier molecular flexibility index (Phi) is 4.73. The van der Waals surface area contributed by atoms with E-state index in [2.05, 4.69) is 0 Å². The van der Waals surface area contributed by atoms with E-state index in [4.69, 9.17) is 9.05 Å². The van der Waals surface area contributed by atoms with Gasteiger partial charge >= 0.3 is 7.60 Å². The lowest BCUT2D eigenvalue weighted by molar-refractivity contribution is 0.399. The zero-order valence-electron chi connectivity index (χ0n) is 13.7. The molecule has 0 saturated carbocycles. The van der Waals surface area contributed by atoms with Crippen LogP contribution in [0.25, 0.3) is 0 Å². The summed E-state index contributed by atoms with van der Waals surface area (Å²) in [7, 11) is -3.58. The Morgan fingerprint density at radius 3 is 1.67 bits per heavy atom. The quantitative estimate of drug-likeness (QED) is 0.594. The smallest absolute Gasteiger partial charge is 0.413 e. The molecule has 0 aliphatic rings. The predicted molar refractivity (Wildman–Crippen MR) is 97.3 cm³/mol. The Morgan fingerprint density at radius 2 is 1.17 bits per heavy atom. The number of hydrogen-bond donors (Lipinski definition) is 0. The summed E-state index contributed by atoms with van der Waals surface area (Å²) in [5.74, 6) is 1.02. The molecule has 3 aromatic rings. The number of benzene rings is 3. The molecule has 0 spiro atoms. The Labute approximate surface area is 142 Å². The largest absolute Gasteiger partial charge is 0.463 e. The van der Waals surface area contributed by atoms with E-state index in [0.29, 0.717) is 16.8 Å². The third-order valence-electron chi connectivity index (χ3n) is 3.81. The molecular formula is C20H19O3P. The molecule has 0 heterocycles. The van der Waals surface area contributed by atoms with Crippen molar-refractivity contribution in [2.45, 2.75) is 13.8 Å². The number of para-hydroxylation sites is 2. The van der Waals surface area contributed by atoms with Gasteiger partial charge in [-0.1, -0.05) is 48.5 Å². The maximum Gasteiger partial charge on any atom is 0.463 e. The number of rotatable bonds is 5. The van der Waals surface area contributed by atoms with Crippen molar-refractivity contribution in [2.24, 2.45) is 0 Å². The Morgan fingerprint density at radius 1 is 0.667 bits per heavy atom. The zero-order chi connectivity index (χ0) is 17.0. The Bertz CT molecular complexity index is 815. The van der Waals surface area contributed by atoms with E-state index in [-0.39, 0.29) is 0 Å². The van der Waals surface area contributed by atoms with Gasteiger partial charge in [0.2, 0.25) is 0 Å². The highest BCUT2D eigenvalue weighted by atomic mass is 31.2. The van der Waals surface area contributed by atoms with Gasteiger partial charge in [0, 0.05) is 0 Å².